The molecule has 0 radical (unpaired) electrons. The quantitative estimate of drug-likeness (QED) is 0.124. The third-order valence-corrected chi connectivity index (χ3v) is 7.97. The summed E-state index contributed by atoms with van der Waals surface area (Å²) in [4.78, 5) is 14.5. The molecule has 0 saturated carbocycles. The summed E-state index contributed by atoms with van der Waals surface area (Å²) in [7, 11) is 0. The first-order chi connectivity index (χ1) is 24.2. The molecule has 242 valence electrons. The second-order valence-electron chi connectivity index (χ2n) is 11.5. The van der Waals surface area contributed by atoms with Crippen molar-refractivity contribution in [3.05, 3.63) is 190 Å². The second kappa shape index (κ2) is 15.1. The van der Waals surface area contributed by atoms with Crippen molar-refractivity contribution in [1.29, 1.82) is 0 Å². The van der Waals surface area contributed by atoms with Gasteiger partial charge in [0.05, 0.1) is 0 Å². The van der Waals surface area contributed by atoms with E-state index in [1.54, 1.807) is 12.1 Å². The highest BCUT2D eigenvalue weighted by atomic mass is 16.5. The molecule has 0 aliphatic heterocycles. The van der Waals surface area contributed by atoms with Gasteiger partial charge in [0, 0.05) is 17.7 Å². The maximum Gasteiger partial charge on any atom is 0.239 e. The normalized spacial score (nSPS) is 10.9. The van der Waals surface area contributed by atoms with Crippen LogP contribution in [0.4, 0.5) is 0 Å². The molecule has 0 fully saturated rings. The van der Waals surface area contributed by atoms with E-state index in [4.69, 9.17) is 23.4 Å². The summed E-state index contributed by atoms with van der Waals surface area (Å²) >= 11 is 0. The molecule has 0 atom stereocenters. The monoisotopic (exact) mass is 646 g/mol. The van der Waals surface area contributed by atoms with Gasteiger partial charge in [-0.25, -0.2) is 0 Å². The molecule has 1 heterocycles. The number of benzene rings is 6. The van der Waals surface area contributed by atoms with Gasteiger partial charge in [-0.2, -0.15) is 0 Å². The zero-order chi connectivity index (χ0) is 33.3. The Kier molecular flexibility index (Phi) is 9.65. The number of hydrogen-bond donors (Lipinski definition) is 0. The minimum atomic E-state index is -0.339. The summed E-state index contributed by atoms with van der Waals surface area (Å²) in [6.07, 6.45) is 0. The molecule has 0 aliphatic carbocycles. The molecule has 0 unspecified atom stereocenters. The fraction of sp³-hybridized carbons (Fsp3) is 0.0930. The average molecular weight is 647 g/mol. The van der Waals surface area contributed by atoms with E-state index >= 15 is 0 Å². The lowest BCUT2D eigenvalue weighted by atomic mass is 10.1. The number of ether oxygens (including phenoxy) is 4. The first-order valence-corrected chi connectivity index (χ1v) is 16.1. The largest absolute Gasteiger partial charge is 0.489 e. The number of rotatable bonds is 13. The fourth-order valence-electron chi connectivity index (χ4n) is 5.41. The predicted molar refractivity (Wildman–Crippen MR) is 191 cm³/mol. The van der Waals surface area contributed by atoms with Crippen LogP contribution in [0.1, 0.15) is 22.3 Å². The van der Waals surface area contributed by atoms with E-state index in [2.05, 4.69) is 0 Å². The van der Waals surface area contributed by atoms with Crippen molar-refractivity contribution < 1.29 is 23.4 Å². The van der Waals surface area contributed by atoms with Crippen LogP contribution in [0.2, 0.25) is 0 Å². The third-order valence-electron chi connectivity index (χ3n) is 7.97. The highest BCUT2D eigenvalue weighted by Crippen LogP contribution is 2.38. The molecule has 0 aliphatic rings. The molecule has 1 aromatic heterocycles. The average Bonchev–Trinajstić information content (AvgIpc) is 3.16. The Morgan fingerprint density at radius 3 is 1.41 bits per heavy atom. The Bertz CT molecular complexity index is 2160. The standard InChI is InChI=1S/C43H34O6/c44-41-40-38(47-29-33-17-9-3-10-18-33)25-37(46-28-32-15-7-2-8-16-32)26-39(40)49-42(43(41)48-30-34-19-11-4-12-20-34)35-21-23-36(24-22-35)45-27-31-13-5-1-6-14-31/h1-26H,27-30H2. The van der Waals surface area contributed by atoms with Gasteiger partial charge >= 0.3 is 0 Å². The maximum absolute atomic E-state index is 14.5. The second-order valence-corrected chi connectivity index (χ2v) is 11.5. The van der Waals surface area contributed by atoms with Crippen molar-refractivity contribution in [3.63, 3.8) is 0 Å². The molecule has 0 bridgehead atoms. The number of hydrogen-bond acceptors (Lipinski definition) is 6. The van der Waals surface area contributed by atoms with E-state index in [1.165, 1.54) is 0 Å². The lowest BCUT2D eigenvalue weighted by Crippen LogP contribution is -2.12. The Hall–Kier alpha value is -6.27. The summed E-state index contributed by atoms with van der Waals surface area (Å²) in [6.45, 7) is 1.21. The van der Waals surface area contributed by atoms with Crippen molar-refractivity contribution in [3.8, 4) is 34.3 Å². The third kappa shape index (κ3) is 7.83. The Balaban J connectivity index is 1.28. The fourth-order valence-corrected chi connectivity index (χ4v) is 5.41. The minimum absolute atomic E-state index is 0.0943. The van der Waals surface area contributed by atoms with E-state index < -0.39 is 0 Å². The van der Waals surface area contributed by atoms with Crippen LogP contribution in [0, 0.1) is 0 Å². The van der Waals surface area contributed by atoms with Crippen molar-refractivity contribution in [2.45, 2.75) is 26.4 Å². The van der Waals surface area contributed by atoms with Crippen LogP contribution in [-0.2, 0) is 26.4 Å². The lowest BCUT2D eigenvalue weighted by molar-refractivity contribution is 0.288. The topological polar surface area (TPSA) is 67.1 Å². The first kappa shape index (κ1) is 31.3. The van der Waals surface area contributed by atoms with Gasteiger partial charge < -0.3 is 23.4 Å². The van der Waals surface area contributed by atoms with Crippen molar-refractivity contribution in [2.24, 2.45) is 0 Å². The summed E-state index contributed by atoms with van der Waals surface area (Å²) in [5.41, 5.74) is 4.61. The van der Waals surface area contributed by atoms with Gasteiger partial charge in [0.1, 0.15) is 54.6 Å². The Labute approximate surface area is 284 Å². The van der Waals surface area contributed by atoms with E-state index in [0.717, 1.165) is 22.3 Å². The van der Waals surface area contributed by atoms with Gasteiger partial charge in [-0.05, 0) is 46.5 Å². The minimum Gasteiger partial charge on any atom is -0.489 e. The van der Waals surface area contributed by atoms with Crippen LogP contribution >= 0.6 is 0 Å². The van der Waals surface area contributed by atoms with Crippen LogP contribution in [0.25, 0.3) is 22.3 Å². The van der Waals surface area contributed by atoms with Crippen molar-refractivity contribution >= 4 is 11.0 Å². The molecule has 6 nitrogen and oxygen atoms in total. The van der Waals surface area contributed by atoms with Gasteiger partial charge in [0.25, 0.3) is 0 Å². The lowest BCUT2D eigenvalue weighted by Gasteiger charge is -2.16. The van der Waals surface area contributed by atoms with Crippen molar-refractivity contribution in [1.82, 2.24) is 0 Å². The summed E-state index contributed by atoms with van der Waals surface area (Å²) in [6, 6.07) is 50.3. The van der Waals surface area contributed by atoms with Crippen LogP contribution < -0.4 is 24.4 Å². The zero-order valence-electron chi connectivity index (χ0n) is 26.8. The molecule has 0 saturated heterocycles. The van der Waals surface area contributed by atoms with E-state index in [-0.39, 0.29) is 29.8 Å². The summed E-state index contributed by atoms with van der Waals surface area (Å²) in [5.74, 6) is 1.94. The number of fused-ring (bicyclic) bond motifs is 1. The van der Waals surface area contributed by atoms with Gasteiger partial charge in [-0.3, -0.25) is 4.79 Å². The molecular formula is C43H34O6. The predicted octanol–water partition coefficient (Wildman–Crippen LogP) is 9.78. The van der Waals surface area contributed by atoms with E-state index in [1.807, 2.05) is 146 Å². The molecule has 0 amide bonds. The van der Waals surface area contributed by atoms with Crippen LogP contribution in [0.15, 0.2) is 167 Å². The van der Waals surface area contributed by atoms with E-state index in [9.17, 15) is 4.79 Å². The molecule has 6 heteroatoms. The molecule has 7 rings (SSSR count). The first-order valence-electron chi connectivity index (χ1n) is 16.1. The summed E-state index contributed by atoms with van der Waals surface area (Å²) in [5, 5.41) is 0.276. The highest BCUT2D eigenvalue weighted by Gasteiger charge is 2.22. The SMILES string of the molecule is O=c1c(OCc2ccccc2)c(-c2ccc(OCc3ccccc3)cc2)oc2cc(OCc3ccccc3)cc(OCc3ccccc3)c12. The van der Waals surface area contributed by atoms with Crippen LogP contribution in [0.5, 0.6) is 23.0 Å². The molecule has 0 N–H and O–H groups in total. The van der Waals surface area contributed by atoms with Gasteiger partial charge in [0.2, 0.25) is 11.2 Å². The smallest absolute Gasteiger partial charge is 0.239 e. The van der Waals surface area contributed by atoms with Gasteiger partial charge in [0.15, 0.2) is 5.76 Å². The molecular weight excluding hydrogens is 612 g/mol. The molecule has 6 aromatic carbocycles. The van der Waals surface area contributed by atoms with Crippen LogP contribution in [-0.4, -0.2) is 0 Å². The van der Waals surface area contributed by atoms with Gasteiger partial charge in [-0.15, -0.1) is 0 Å². The highest BCUT2D eigenvalue weighted by molar-refractivity contribution is 5.88. The van der Waals surface area contributed by atoms with Crippen LogP contribution in [0.3, 0.4) is 0 Å². The Morgan fingerprint density at radius 1 is 0.449 bits per heavy atom. The molecule has 7 aromatic rings. The maximum atomic E-state index is 14.5. The zero-order valence-corrected chi connectivity index (χ0v) is 26.8. The van der Waals surface area contributed by atoms with Crippen molar-refractivity contribution in [2.75, 3.05) is 0 Å². The molecule has 0 spiro atoms. The summed E-state index contributed by atoms with van der Waals surface area (Å²) < 4.78 is 31.4. The van der Waals surface area contributed by atoms with E-state index in [0.29, 0.717) is 47.4 Å². The Morgan fingerprint density at radius 2 is 0.898 bits per heavy atom. The molecule has 49 heavy (non-hydrogen) atoms. The van der Waals surface area contributed by atoms with Gasteiger partial charge in [-0.1, -0.05) is 121 Å².